The summed E-state index contributed by atoms with van der Waals surface area (Å²) in [6, 6.07) is 0. The molecule has 0 spiro atoms. The molecule has 0 atom stereocenters. The number of thiophene rings is 1. The third kappa shape index (κ3) is 1.80. The first-order chi connectivity index (χ1) is 5.25. The van der Waals surface area contributed by atoms with Crippen LogP contribution in [0.3, 0.4) is 0 Å². The van der Waals surface area contributed by atoms with E-state index >= 15 is 0 Å². The van der Waals surface area contributed by atoms with Gasteiger partial charge >= 0.3 is 0 Å². The van der Waals surface area contributed by atoms with Gasteiger partial charge in [0.1, 0.15) is 0 Å². The summed E-state index contributed by atoms with van der Waals surface area (Å²) in [6.45, 7) is 0. The normalized spacial score (nSPS) is 8.82. The summed E-state index contributed by atoms with van der Waals surface area (Å²) in [5, 5.41) is 6.32. The zero-order valence-electron chi connectivity index (χ0n) is 5.19. The van der Waals surface area contributed by atoms with Crippen molar-refractivity contribution in [2.45, 2.75) is 0 Å². The lowest BCUT2D eigenvalue weighted by Crippen LogP contribution is -1.89. The van der Waals surface area contributed by atoms with Crippen LogP contribution in [0, 0.1) is 0 Å². The molecule has 0 fully saturated rings. The van der Waals surface area contributed by atoms with Crippen molar-refractivity contribution >= 4 is 33.2 Å². The van der Waals surface area contributed by atoms with Crippen LogP contribution in [0.25, 0.3) is 10.4 Å². The number of nitrogens with zero attached hydrogens (tertiary/aromatic N) is 3. The lowest BCUT2D eigenvalue weighted by atomic mass is 10.3. The Kier molecular flexibility index (Phi) is 2.64. The van der Waals surface area contributed by atoms with Gasteiger partial charge in [0, 0.05) is 25.7 Å². The number of rotatable bonds is 1. The molecule has 0 aliphatic heterocycles. The lowest BCUT2D eigenvalue weighted by molar-refractivity contribution is 0.1000. The lowest BCUT2D eigenvalue weighted by Gasteiger charge is -1.86. The Morgan fingerprint density at radius 3 is 2.91 bits per heavy atom. The topological polar surface area (TPSA) is 65.8 Å². The fourth-order valence-electron chi connectivity index (χ4n) is 0.529. The fourth-order valence-corrected chi connectivity index (χ4v) is 1.97. The average Bonchev–Trinajstić information content (AvgIpc) is 2.36. The van der Waals surface area contributed by atoms with Gasteiger partial charge in [-0.1, -0.05) is 0 Å². The van der Waals surface area contributed by atoms with Crippen LogP contribution in [0.4, 0.5) is 0 Å². The van der Waals surface area contributed by atoms with Crippen molar-refractivity contribution in [1.82, 2.24) is 0 Å². The summed E-state index contributed by atoms with van der Waals surface area (Å²) < 4.78 is 0.667. The van der Waals surface area contributed by atoms with Crippen molar-refractivity contribution in [3.05, 3.63) is 31.2 Å². The van der Waals surface area contributed by atoms with Crippen molar-refractivity contribution in [1.29, 1.82) is 0 Å². The molecule has 1 aromatic rings. The number of hydrogen-bond donors (Lipinski definition) is 0. The highest BCUT2D eigenvalue weighted by atomic mass is 79.9. The Morgan fingerprint density at radius 1 is 1.73 bits per heavy atom. The highest BCUT2D eigenvalue weighted by Gasteiger charge is 2.07. The fraction of sp³-hybridized carbons (Fsp3) is 0. The standard InChI is InChI=1S/C5H2BrN3OS/c6-4-2-11-1-3(4)5(10)8-9-7/h1-2H. The van der Waals surface area contributed by atoms with E-state index in [-0.39, 0.29) is 0 Å². The van der Waals surface area contributed by atoms with E-state index in [9.17, 15) is 4.79 Å². The second-order valence-electron chi connectivity index (χ2n) is 1.63. The molecule has 1 heterocycles. The van der Waals surface area contributed by atoms with Crippen LogP contribution in [-0.4, -0.2) is 5.91 Å². The summed E-state index contributed by atoms with van der Waals surface area (Å²) in [4.78, 5) is 13.3. The molecule has 1 aromatic heterocycles. The maximum Gasteiger partial charge on any atom is 0.251 e. The molecule has 0 unspecified atom stereocenters. The van der Waals surface area contributed by atoms with E-state index in [1.165, 1.54) is 11.3 Å². The number of carbonyl (C=O) groups is 1. The van der Waals surface area contributed by atoms with E-state index < -0.39 is 5.91 Å². The Hall–Kier alpha value is -0.840. The van der Waals surface area contributed by atoms with Crippen LogP contribution in [0.15, 0.2) is 20.3 Å². The molecular formula is C5H2BrN3OS. The number of halogens is 1. The van der Waals surface area contributed by atoms with Crippen LogP contribution in [-0.2, 0) is 0 Å². The molecule has 1 rings (SSSR count). The molecule has 0 saturated heterocycles. The van der Waals surface area contributed by atoms with Gasteiger partial charge in [-0.2, -0.15) is 11.3 Å². The van der Waals surface area contributed by atoms with Gasteiger partial charge in [0.05, 0.1) is 0 Å². The molecule has 0 bridgehead atoms. The molecular weight excluding hydrogens is 230 g/mol. The quantitative estimate of drug-likeness (QED) is 0.417. The minimum Gasteiger partial charge on any atom is -0.287 e. The zero-order chi connectivity index (χ0) is 8.27. The molecule has 0 saturated carbocycles. The Bertz CT molecular complexity index is 328. The first-order valence-corrected chi connectivity index (χ1v) is 4.30. The third-order valence-corrected chi connectivity index (χ3v) is 2.68. The van der Waals surface area contributed by atoms with E-state index in [0.717, 1.165) is 0 Å². The average molecular weight is 232 g/mol. The van der Waals surface area contributed by atoms with E-state index in [0.29, 0.717) is 10.0 Å². The molecule has 0 radical (unpaired) electrons. The molecule has 11 heavy (non-hydrogen) atoms. The summed E-state index contributed by atoms with van der Waals surface area (Å²) in [5.41, 5.74) is 8.36. The molecule has 6 heteroatoms. The second-order valence-corrected chi connectivity index (χ2v) is 3.23. The van der Waals surface area contributed by atoms with Crippen molar-refractivity contribution in [2.75, 3.05) is 0 Å². The van der Waals surface area contributed by atoms with Gasteiger partial charge in [-0.25, -0.2) is 0 Å². The van der Waals surface area contributed by atoms with E-state index in [2.05, 4.69) is 26.0 Å². The maximum absolute atomic E-state index is 10.9. The van der Waals surface area contributed by atoms with Crippen molar-refractivity contribution in [3.8, 4) is 0 Å². The predicted octanol–water partition coefficient (Wildman–Crippen LogP) is 2.96. The highest BCUT2D eigenvalue weighted by molar-refractivity contribution is 9.10. The zero-order valence-corrected chi connectivity index (χ0v) is 7.59. The number of azide groups is 1. The van der Waals surface area contributed by atoms with Crippen molar-refractivity contribution < 1.29 is 4.79 Å². The van der Waals surface area contributed by atoms with Gasteiger partial charge < -0.3 is 0 Å². The second kappa shape index (κ2) is 3.52. The van der Waals surface area contributed by atoms with Gasteiger partial charge in [-0.15, -0.1) is 0 Å². The van der Waals surface area contributed by atoms with Gasteiger partial charge in [0.25, 0.3) is 5.91 Å². The summed E-state index contributed by atoms with van der Waals surface area (Å²) in [6.07, 6.45) is 0. The molecule has 0 aliphatic rings. The minimum atomic E-state index is -0.555. The molecule has 56 valence electrons. The summed E-state index contributed by atoms with van der Waals surface area (Å²) in [7, 11) is 0. The maximum atomic E-state index is 10.9. The van der Waals surface area contributed by atoms with Crippen molar-refractivity contribution in [3.63, 3.8) is 0 Å². The van der Waals surface area contributed by atoms with Gasteiger partial charge in [-0.3, -0.25) is 4.79 Å². The summed E-state index contributed by atoms with van der Waals surface area (Å²) in [5.74, 6) is -0.555. The van der Waals surface area contributed by atoms with Crippen LogP contribution in [0.2, 0.25) is 0 Å². The molecule has 4 nitrogen and oxygen atoms in total. The van der Waals surface area contributed by atoms with Crippen LogP contribution in [0.1, 0.15) is 10.4 Å². The first kappa shape index (κ1) is 8.26. The summed E-state index contributed by atoms with van der Waals surface area (Å²) >= 11 is 4.51. The van der Waals surface area contributed by atoms with E-state index in [1.807, 2.05) is 0 Å². The SMILES string of the molecule is [N-]=[N+]=NC(=O)c1cscc1Br. The Balaban J connectivity index is 3.02. The van der Waals surface area contributed by atoms with E-state index in [4.69, 9.17) is 5.53 Å². The number of amides is 1. The molecule has 0 aromatic carbocycles. The molecule has 0 aliphatic carbocycles. The van der Waals surface area contributed by atoms with Gasteiger partial charge in [-0.05, 0) is 26.6 Å². The van der Waals surface area contributed by atoms with Crippen molar-refractivity contribution in [2.24, 2.45) is 5.11 Å². The molecule has 1 amide bonds. The Morgan fingerprint density at radius 2 is 2.45 bits per heavy atom. The number of hydrogen-bond acceptors (Lipinski definition) is 2. The highest BCUT2D eigenvalue weighted by Crippen LogP contribution is 2.21. The van der Waals surface area contributed by atoms with Gasteiger partial charge in [0.2, 0.25) is 0 Å². The van der Waals surface area contributed by atoms with E-state index in [1.54, 1.807) is 10.8 Å². The molecule has 0 N–H and O–H groups in total. The van der Waals surface area contributed by atoms with Gasteiger partial charge in [0.15, 0.2) is 0 Å². The predicted molar refractivity (Wildman–Crippen MR) is 45.5 cm³/mol. The third-order valence-electron chi connectivity index (χ3n) is 0.981. The first-order valence-electron chi connectivity index (χ1n) is 2.57. The number of carbonyl (C=O) groups excluding carboxylic acids is 1. The minimum absolute atomic E-state index is 0.410. The smallest absolute Gasteiger partial charge is 0.251 e. The van der Waals surface area contributed by atoms with Crippen LogP contribution >= 0.6 is 27.3 Å². The van der Waals surface area contributed by atoms with Crippen LogP contribution in [0.5, 0.6) is 0 Å². The monoisotopic (exact) mass is 231 g/mol. The Labute approximate surface area is 74.6 Å². The largest absolute Gasteiger partial charge is 0.287 e. The van der Waals surface area contributed by atoms with Crippen LogP contribution < -0.4 is 0 Å².